The van der Waals surface area contributed by atoms with Crippen molar-refractivity contribution >= 4 is 10.0 Å². The van der Waals surface area contributed by atoms with Gasteiger partial charge in [0.1, 0.15) is 11.5 Å². The Labute approximate surface area is 212 Å². The van der Waals surface area contributed by atoms with Gasteiger partial charge in [-0.15, -0.1) is 12.3 Å². The number of benzene rings is 2. The lowest BCUT2D eigenvalue weighted by Gasteiger charge is -2.21. The first kappa shape index (κ1) is 25.7. The third-order valence-electron chi connectivity index (χ3n) is 6.20. The molecule has 36 heavy (non-hydrogen) atoms. The number of nitrogens with zero attached hydrogens (tertiary/aromatic N) is 3. The van der Waals surface area contributed by atoms with E-state index < -0.39 is 10.0 Å². The summed E-state index contributed by atoms with van der Waals surface area (Å²) in [5.41, 5.74) is 7.78. The minimum atomic E-state index is -3.88. The lowest BCUT2D eigenvalue weighted by atomic mass is 10.1. The Morgan fingerprint density at radius 1 is 0.944 bits per heavy atom. The minimum Gasteiger partial charge on any atom is -0.497 e. The lowest BCUT2D eigenvalue weighted by Crippen LogP contribution is -2.30. The Bertz CT molecular complexity index is 1240. The maximum atomic E-state index is 13.7. The number of hydrogen-bond donors (Lipinski definition) is 2. The smallest absolute Gasteiger partial charge is 0.262 e. The molecule has 4 rings (SSSR count). The summed E-state index contributed by atoms with van der Waals surface area (Å²) in [6.07, 6.45) is 9.27. The number of rotatable bonds is 13. The molecule has 2 aromatic carbocycles. The van der Waals surface area contributed by atoms with Crippen molar-refractivity contribution < 1.29 is 17.9 Å². The molecule has 0 aliphatic carbocycles. The van der Waals surface area contributed by atoms with Gasteiger partial charge in [0.2, 0.25) is 0 Å². The second-order valence-corrected chi connectivity index (χ2v) is 10.6. The zero-order chi connectivity index (χ0) is 25.6. The highest BCUT2D eigenvalue weighted by atomic mass is 32.2. The Balaban J connectivity index is 1.53. The van der Waals surface area contributed by atoms with Crippen LogP contribution in [0.1, 0.15) is 30.4 Å². The van der Waals surface area contributed by atoms with E-state index in [1.165, 1.54) is 4.31 Å². The van der Waals surface area contributed by atoms with Gasteiger partial charge in [-0.25, -0.2) is 19.3 Å². The number of nitrogens with one attached hydrogen (secondary N) is 2. The van der Waals surface area contributed by atoms with E-state index >= 15 is 0 Å². The second kappa shape index (κ2) is 11.1. The van der Waals surface area contributed by atoms with Crippen molar-refractivity contribution in [1.29, 1.82) is 0 Å². The highest BCUT2D eigenvalue weighted by molar-refractivity contribution is 7.89. The van der Waals surface area contributed by atoms with Crippen LogP contribution in [0.5, 0.6) is 11.5 Å². The van der Waals surface area contributed by atoms with Crippen molar-refractivity contribution in [1.82, 2.24) is 24.9 Å². The van der Waals surface area contributed by atoms with Gasteiger partial charge in [0.25, 0.3) is 10.0 Å². The molecule has 0 spiro atoms. The number of ether oxygens (including phenoxy) is 2. The third kappa shape index (κ3) is 6.25. The number of hydrazine groups is 1. The Morgan fingerprint density at radius 3 is 1.97 bits per heavy atom. The topological polar surface area (TPSA) is 118 Å². The number of aromatic nitrogens is 2. The highest BCUT2D eigenvalue weighted by Crippen LogP contribution is 2.25. The van der Waals surface area contributed by atoms with Crippen LogP contribution in [-0.4, -0.2) is 42.4 Å². The summed E-state index contributed by atoms with van der Waals surface area (Å²) < 4.78 is 41.0. The first-order chi connectivity index (χ1) is 17.4. The number of sulfonamides is 1. The molecule has 1 aliphatic rings. The molecular formula is C26H31N5O4S. The van der Waals surface area contributed by atoms with Crippen LogP contribution >= 0.6 is 0 Å². The molecule has 0 amide bonds. The molecule has 0 saturated carbocycles. The maximum absolute atomic E-state index is 13.7. The van der Waals surface area contributed by atoms with Crippen molar-refractivity contribution in [2.75, 3.05) is 14.2 Å². The molecule has 9 nitrogen and oxygen atoms in total. The van der Waals surface area contributed by atoms with Gasteiger partial charge in [-0.2, -0.15) is 9.40 Å². The number of aryl methyl sites for hydroxylation is 1. The number of hydrogen-bond acceptors (Lipinski definition) is 7. The minimum absolute atomic E-state index is 0.0129. The SMILES string of the molecule is C#CCCC1(CCn2ccc(S(=O)(=O)N(Cc3ccc(OC)cc3)Cc3ccc(OC)cc3)n2)NN1. The van der Waals surface area contributed by atoms with Gasteiger partial charge in [-0.05, 0) is 47.9 Å². The fourth-order valence-electron chi connectivity index (χ4n) is 3.89. The van der Waals surface area contributed by atoms with Gasteiger partial charge in [-0.1, -0.05) is 24.3 Å². The second-order valence-electron chi connectivity index (χ2n) is 8.67. The average molecular weight is 510 g/mol. The van der Waals surface area contributed by atoms with E-state index in [2.05, 4.69) is 21.9 Å². The lowest BCUT2D eigenvalue weighted by molar-refractivity contribution is 0.394. The molecule has 1 fully saturated rings. The fraction of sp³-hybridized carbons (Fsp3) is 0.346. The standard InChI is InChI=1S/C26H31N5O4S/c1-4-5-15-26(28-29-26)16-18-30-17-14-25(27-30)36(32,33)31(19-21-6-10-23(34-2)11-7-21)20-22-8-12-24(35-3)13-9-22/h1,6-14,17,28-29H,5,15-16,18-20H2,2-3H3. The van der Waals surface area contributed by atoms with E-state index in [4.69, 9.17) is 15.9 Å². The Morgan fingerprint density at radius 2 is 1.50 bits per heavy atom. The summed E-state index contributed by atoms with van der Waals surface area (Å²) >= 11 is 0. The van der Waals surface area contributed by atoms with E-state index in [1.807, 2.05) is 48.5 Å². The molecule has 0 unspecified atom stereocenters. The summed E-state index contributed by atoms with van der Waals surface area (Å²) in [5, 5.41) is 4.42. The zero-order valence-electron chi connectivity index (χ0n) is 20.5. The molecule has 1 aliphatic heterocycles. The molecule has 0 bridgehead atoms. The third-order valence-corrected chi connectivity index (χ3v) is 7.88. The van der Waals surface area contributed by atoms with Crippen molar-refractivity contribution in [3.05, 3.63) is 71.9 Å². The van der Waals surface area contributed by atoms with Crippen molar-refractivity contribution in [2.24, 2.45) is 0 Å². The maximum Gasteiger partial charge on any atom is 0.262 e. The van der Waals surface area contributed by atoms with Gasteiger partial charge in [0, 0.05) is 38.7 Å². The average Bonchev–Trinajstić information content (AvgIpc) is 3.51. The van der Waals surface area contributed by atoms with Crippen molar-refractivity contribution in [3.63, 3.8) is 0 Å². The van der Waals surface area contributed by atoms with Gasteiger partial charge in [0.05, 0.1) is 19.9 Å². The van der Waals surface area contributed by atoms with Gasteiger partial charge < -0.3 is 9.47 Å². The largest absolute Gasteiger partial charge is 0.497 e. The van der Waals surface area contributed by atoms with Gasteiger partial charge in [-0.3, -0.25) is 4.68 Å². The molecule has 1 aromatic heterocycles. The summed E-state index contributed by atoms with van der Waals surface area (Å²) in [7, 11) is -0.689. The van der Waals surface area contributed by atoms with Crippen LogP contribution in [0.2, 0.25) is 0 Å². The number of terminal acetylenes is 1. The molecule has 2 heterocycles. The van der Waals surface area contributed by atoms with E-state index in [9.17, 15) is 8.42 Å². The van der Waals surface area contributed by atoms with Crippen LogP contribution in [0.25, 0.3) is 0 Å². The Kier molecular flexibility index (Phi) is 7.96. The van der Waals surface area contributed by atoms with E-state index in [-0.39, 0.29) is 23.8 Å². The van der Waals surface area contributed by atoms with Crippen LogP contribution in [0.4, 0.5) is 0 Å². The predicted molar refractivity (Wildman–Crippen MR) is 136 cm³/mol. The first-order valence-corrected chi connectivity index (χ1v) is 13.1. The molecule has 190 valence electrons. The van der Waals surface area contributed by atoms with Crippen molar-refractivity contribution in [3.8, 4) is 23.8 Å². The molecule has 2 N–H and O–H groups in total. The summed E-state index contributed by atoms with van der Waals surface area (Å²) in [6.45, 7) is 0.930. The highest BCUT2D eigenvalue weighted by Gasteiger charge is 2.40. The van der Waals surface area contributed by atoms with Crippen LogP contribution in [0.15, 0.2) is 65.8 Å². The fourth-order valence-corrected chi connectivity index (χ4v) is 5.23. The predicted octanol–water partition coefficient (Wildman–Crippen LogP) is 2.90. The van der Waals surface area contributed by atoms with Crippen LogP contribution in [0, 0.1) is 12.3 Å². The molecule has 1 saturated heterocycles. The van der Waals surface area contributed by atoms with E-state index in [1.54, 1.807) is 31.2 Å². The van der Waals surface area contributed by atoms with Crippen LogP contribution < -0.4 is 20.3 Å². The number of methoxy groups -OCH3 is 2. The molecule has 0 radical (unpaired) electrons. The monoisotopic (exact) mass is 509 g/mol. The van der Waals surface area contributed by atoms with Gasteiger partial charge >= 0.3 is 0 Å². The molecular weight excluding hydrogens is 478 g/mol. The molecule has 3 aromatic rings. The van der Waals surface area contributed by atoms with Crippen LogP contribution in [-0.2, 0) is 29.7 Å². The summed E-state index contributed by atoms with van der Waals surface area (Å²) in [6, 6.07) is 16.3. The first-order valence-electron chi connectivity index (χ1n) is 11.6. The van der Waals surface area contributed by atoms with E-state index in [0.29, 0.717) is 24.5 Å². The molecule has 10 heteroatoms. The zero-order valence-corrected chi connectivity index (χ0v) is 21.3. The van der Waals surface area contributed by atoms with E-state index in [0.717, 1.165) is 24.0 Å². The summed E-state index contributed by atoms with van der Waals surface area (Å²) in [4.78, 5) is 0. The quantitative estimate of drug-likeness (QED) is 0.269. The summed E-state index contributed by atoms with van der Waals surface area (Å²) in [5.74, 6) is 4.07. The van der Waals surface area contributed by atoms with Crippen molar-refractivity contribution in [2.45, 2.75) is 49.6 Å². The Hall–Kier alpha value is -3.36. The molecule has 0 atom stereocenters. The van der Waals surface area contributed by atoms with Crippen LogP contribution in [0.3, 0.4) is 0 Å². The van der Waals surface area contributed by atoms with Gasteiger partial charge in [0.15, 0.2) is 5.03 Å². The normalized spacial score (nSPS) is 14.4.